The summed E-state index contributed by atoms with van der Waals surface area (Å²) in [4.78, 5) is 12.1. The molecule has 0 bridgehead atoms. The molecule has 0 radical (unpaired) electrons. The fourth-order valence-electron chi connectivity index (χ4n) is 1.72. The molecule has 0 saturated heterocycles. The quantitative estimate of drug-likeness (QED) is 0.540. The van der Waals surface area contributed by atoms with Crippen molar-refractivity contribution in [2.24, 2.45) is 0 Å². The Hall–Kier alpha value is -1.84. The van der Waals surface area contributed by atoms with E-state index in [0.717, 1.165) is 0 Å². The van der Waals surface area contributed by atoms with Crippen LogP contribution in [0, 0.1) is 0 Å². The van der Waals surface area contributed by atoms with Gasteiger partial charge in [0.25, 0.3) is 5.91 Å². The topological polar surface area (TPSA) is 122 Å². The van der Waals surface area contributed by atoms with Crippen molar-refractivity contribution in [2.45, 2.75) is 13.3 Å². The Labute approximate surface area is 135 Å². The summed E-state index contributed by atoms with van der Waals surface area (Å²) < 4.78 is 35.7. The second kappa shape index (κ2) is 9.33. The number of amides is 1. The van der Waals surface area contributed by atoms with Crippen molar-refractivity contribution in [3.63, 3.8) is 0 Å². The fourth-order valence-corrected chi connectivity index (χ4v) is 2.76. The molecule has 0 aliphatic rings. The van der Waals surface area contributed by atoms with Crippen molar-refractivity contribution < 1.29 is 32.9 Å². The molecule has 8 nitrogen and oxygen atoms in total. The van der Waals surface area contributed by atoms with Crippen LogP contribution in [-0.4, -0.2) is 56.7 Å². The third kappa shape index (κ3) is 6.85. The van der Waals surface area contributed by atoms with Crippen molar-refractivity contribution in [3.05, 3.63) is 23.8 Å². The molecule has 1 aromatic rings. The Kier molecular flexibility index (Phi) is 7.79. The Morgan fingerprint density at radius 1 is 1.09 bits per heavy atom. The van der Waals surface area contributed by atoms with Crippen LogP contribution < -0.4 is 14.2 Å². The number of aliphatic hydroxyl groups excluding tert-OH is 2. The van der Waals surface area contributed by atoms with Crippen LogP contribution in [0.3, 0.4) is 0 Å². The molecule has 23 heavy (non-hydrogen) atoms. The van der Waals surface area contributed by atoms with Gasteiger partial charge in [-0.25, -0.2) is 13.1 Å². The molecule has 3 N–H and O–H groups in total. The summed E-state index contributed by atoms with van der Waals surface area (Å²) in [5.41, 5.74) is 0.0352. The number of carbonyl (C=O) groups is 1. The highest BCUT2D eigenvalue weighted by molar-refractivity contribution is 7.90. The van der Waals surface area contributed by atoms with Crippen LogP contribution in [0.25, 0.3) is 0 Å². The molecule has 130 valence electrons. The highest BCUT2D eigenvalue weighted by Crippen LogP contribution is 2.23. The number of hydrogen-bond donors (Lipinski definition) is 3. The third-order valence-corrected chi connectivity index (χ3v) is 4.03. The molecule has 0 aliphatic carbocycles. The van der Waals surface area contributed by atoms with Gasteiger partial charge in [-0.2, -0.15) is 0 Å². The summed E-state index contributed by atoms with van der Waals surface area (Å²) in [5.74, 6) is -0.477. The Morgan fingerprint density at radius 3 is 2.04 bits per heavy atom. The Balaban J connectivity index is 3.00. The van der Waals surface area contributed by atoms with E-state index in [4.69, 9.17) is 19.7 Å². The average molecular weight is 347 g/mol. The number of sulfonamides is 1. The molecule has 0 fully saturated rings. The number of aliphatic hydroxyl groups is 2. The maximum absolute atomic E-state index is 12.1. The van der Waals surface area contributed by atoms with Gasteiger partial charge in [-0.1, -0.05) is 6.92 Å². The molecule has 0 aromatic heterocycles. The summed E-state index contributed by atoms with van der Waals surface area (Å²) in [6, 6.07) is 4.17. The van der Waals surface area contributed by atoms with Crippen LogP contribution in [-0.2, 0) is 10.0 Å². The van der Waals surface area contributed by atoms with Crippen molar-refractivity contribution in [1.29, 1.82) is 0 Å². The predicted molar refractivity (Wildman–Crippen MR) is 83.1 cm³/mol. The monoisotopic (exact) mass is 347 g/mol. The number of nitrogens with one attached hydrogen (secondary N) is 1. The number of hydrogen-bond acceptors (Lipinski definition) is 7. The largest absolute Gasteiger partial charge is 0.491 e. The lowest BCUT2D eigenvalue weighted by Crippen LogP contribution is -2.32. The van der Waals surface area contributed by atoms with Crippen molar-refractivity contribution in [3.8, 4) is 11.5 Å². The van der Waals surface area contributed by atoms with Gasteiger partial charge < -0.3 is 19.7 Å². The number of benzene rings is 1. The Morgan fingerprint density at radius 2 is 1.61 bits per heavy atom. The lowest BCUT2D eigenvalue weighted by atomic mass is 10.2. The van der Waals surface area contributed by atoms with E-state index in [1.807, 2.05) is 4.72 Å². The van der Waals surface area contributed by atoms with Crippen LogP contribution in [0.5, 0.6) is 11.5 Å². The van der Waals surface area contributed by atoms with E-state index in [1.165, 1.54) is 18.2 Å². The highest BCUT2D eigenvalue weighted by Gasteiger charge is 2.17. The van der Waals surface area contributed by atoms with Crippen LogP contribution in [0.4, 0.5) is 0 Å². The zero-order valence-electron chi connectivity index (χ0n) is 12.8. The van der Waals surface area contributed by atoms with E-state index in [2.05, 4.69) is 0 Å². The number of rotatable bonds is 10. The van der Waals surface area contributed by atoms with Crippen LogP contribution in [0.15, 0.2) is 18.2 Å². The lowest BCUT2D eigenvalue weighted by molar-refractivity contribution is 0.0980. The maximum atomic E-state index is 12.1. The van der Waals surface area contributed by atoms with Gasteiger partial charge >= 0.3 is 0 Å². The average Bonchev–Trinajstić information content (AvgIpc) is 2.50. The molecule has 0 heterocycles. The SMILES string of the molecule is CCCS(=O)(=O)NC(=O)c1cc(OCCO)cc(OCCO)c1. The predicted octanol–water partition coefficient (Wildman–Crippen LogP) is -0.102. The van der Waals surface area contributed by atoms with Gasteiger partial charge in [0.15, 0.2) is 0 Å². The molecule has 1 amide bonds. The summed E-state index contributed by atoms with van der Waals surface area (Å²) in [5, 5.41) is 17.6. The zero-order chi connectivity index (χ0) is 17.3. The first kappa shape index (κ1) is 19.2. The molecular weight excluding hydrogens is 326 g/mol. The van der Waals surface area contributed by atoms with E-state index >= 15 is 0 Å². The van der Waals surface area contributed by atoms with Crippen molar-refractivity contribution in [2.75, 3.05) is 32.2 Å². The number of ether oxygens (including phenoxy) is 2. The van der Waals surface area contributed by atoms with Gasteiger partial charge in [-0.15, -0.1) is 0 Å². The maximum Gasteiger partial charge on any atom is 0.264 e. The first-order chi connectivity index (χ1) is 10.9. The van der Waals surface area contributed by atoms with E-state index < -0.39 is 15.9 Å². The minimum Gasteiger partial charge on any atom is -0.491 e. The third-order valence-electron chi connectivity index (χ3n) is 2.58. The zero-order valence-corrected chi connectivity index (χ0v) is 13.6. The lowest BCUT2D eigenvalue weighted by Gasteiger charge is -2.12. The first-order valence-corrected chi connectivity index (χ1v) is 8.74. The van der Waals surface area contributed by atoms with Crippen LogP contribution in [0.1, 0.15) is 23.7 Å². The number of carbonyl (C=O) groups excluding carboxylic acids is 1. The summed E-state index contributed by atoms with van der Waals surface area (Å²) >= 11 is 0. The second-order valence-corrected chi connectivity index (χ2v) is 6.43. The van der Waals surface area contributed by atoms with Crippen molar-refractivity contribution >= 4 is 15.9 Å². The molecule has 9 heteroatoms. The molecule has 0 atom stereocenters. The summed E-state index contributed by atoms with van der Waals surface area (Å²) in [6.45, 7) is 1.29. The van der Waals surface area contributed by atoms with E-state index in [0.29, 0.717) is 6.42 Å². The highest BCUT2D eigenvalue weighted by atomic mass is 32.2. The Bertz CT molecular complexity index is 589. The molecule has 1 rings (SSSR count). The van der Waals surface area contributed by atoms with E-state index in [-0.39, 0.29) is 49.2 Å². The van der Waals surface area contributed by atoms with Crippen LogP contribution >= 0.6 is 0 Å². The van der Waals surface area contributed by atoms with Gasteiger partial charge in [0.1, 0.15) is 24.7 Å². The van der Waals surface area contributed by atoms with E-state index in [1.54, 1.807) is 6.92 Å². The minimum atomic E-state index is -3.70. The minimum absolute atomic E-state index is 0.0125. The van der Waals surface area contributed by atoms with E-state index in [9.17, 15) is 13.2 Å². The van der Waals surface area contributed by atoms with Gasteiger partial charge in [0, 0.05) is 11.6 Å². The molecule has 0 unspecified atom stereocenters. The van der Waals surface area contributed by atoms with Gasteiger partial charge in [0.2, 0.25) is 10.0 Å². The van der Waals surface area contributed by atoms with Crippen LogP contribution in [0.2, 0.25) is 0 Å². The van der Waals surface area contributed by atoms with Gasteiger partial charge in [-0.3, -0.25) is 4.79 Å². The molecule has 1 aromatic carbocycles. The summed E-state index contributed by atoms with van der Waals surface area (Å²) in [7, 11) is -3.70. The summed E-state index contributed by atoms with van der Waals surface area (Å²) in [6.07, 6.45) is 0.382. The van der Waals surface area contributed by atoms with Gasteiger partial charge in [-0.05, 0) is 18.6 Å². The standard InChI is InChI=1S/C14H21NO7S/c1-2-7-23(19,20)15-14(18)11-8-12(21-5-3-16)10-13(9-11)22-6-4-17/h8-10,16-17H,2-7H2,1H3,(H,15,18). The molecule has 0 saturated carbocycles. The molecule has 0 aliphatic heterocycles. The molecule has 0 spiro atoms. The normalized spacial score (nSPS) is 11.1. The smallest absolute Gasteiger partial charge is 0.264 e. The fraction of sp³-hybridized carbons (Fsp3) is 0.500. The second-order valence-electron chi connectivity index (χ2n) is 4.59. The first-order valence-electron chi connectivity index (χ1n) is 7.09. The molecular formula is C14H21NO7S. The van der Waals surface area contributed by atoms with Gasteiger partial charge in [0.05, 0.1) is 19.0 Å². The van der Waals surface area contributed by atoms with Crippen molar-refractivity contribution in [1.82, 2.24) is 4.72 Å².